The molecule has 1 unspecified atom stereocenters. The van der Waals surface area contributed by atoms with Gasteiger partial charge in [-0.15, -0.1) is 11.8 Å². The van der Waals surface area contributed by atoms with Crippen LogP contribution in [0.25, 0.3) is 0 Å². The molecule has 0 aromatic heterocycles. The van der Waals surface area contributed by atoms with Crippen LogP contribution < -0.4 is 0 Å². The first-order valence-corrected chi connectivity index (χ1v) is 5.34. The van der Waals surface area contributed by atoms with E-state index in [9.17, 15) is 4.79 Å². The zero-order valence-electron chi connectivity index (χ0n) is 8.20. The van der Waals surface area contributed by atoms with Crippen LogP contribution in [0, 0.1) is 11.8 Å². The summed E-state index contributed by atoms with van der Waals surface area (Å²) in [5, 5.41) is 8.59. The number of carbonyl (C=O) groups is 1. The van der Waals surface area contributed by atoms with Gasteiger partial charge in [0.25, 0.3) is 0 Å². The molecule has 0 amide bonds. The molecule has 0 bridgehead atoms. The predicted molar refractivity (Wildman–Crippen MR) is 53.6 cm³/mol. The van der Waals surface area contributed by atoms with Gasteiger partial charge in [-0.05, 0) is 17.6 Å². The SMILES string of the molecule is CC(C)CSC(C(=O)O)C(C)C. The largest absolute Gasteiger partial charge is 0.480 e. The third kappa shape index (κ3) is 4.65. The quantitative estimate of drug-likeness (QED) is 0.723. The molecule has 0 aliphatic rings. The van der Waals surface area contributed by atoms with Crippen molar-refractivity contribution < 1.29 is 9.90 Å². The van der Waals surface area contributed by atoms with E-state index in [4.69, 9.17) is 5.11 Å². The molecule has 0 saturated heterocycles. The predicted octanol–water partition coefficient (Wildman–Crippen LogP) is 2.48. The van der Waals surface area contributed by atoms with E-state index < -0.39 is 5.97 Å². The van der Waals surface area contributed by atoms with Crippen molar-refractivity contribution in [2.45, 2.75) is 32.9 Å². The number of carboxylic acids is 1. The Morgan fingerprint density at radius 2 is 1.83 bits per heavy atom. The molecule has 0 heterocycles. The number of hydrogen-bond acceptors (Lipinski definition) is 2. The molecule has 0 aromatic carbocycles. The lowest BCUT2D eigenvalue weighted by Gasteiger charge is -2.16. The van der Waals surface area contributed by atoms with Crippen LogP contribution in [0.5, 0.6) is 0 Å². The van der Waals surface area contributed by atoms with Crippen LogP contribution in [0.3, 0.4) is 0 Å². The van der Waals surface area contributed by atoms with E-state index in [0.29, 0.717) is 5.92 Å². The number of aliphatic carboxylic acids is 1. The second-order valence-corrected chi connectivity index (χ2v) is 4.90. The second kappa shape index (κ2) is 5.46. The van der Waals surface area contributed by atoms with Crippen molar-refractivity contribution in [2.75, 3.05) is 5.75 Å². The fourth-order valence-electron chi connectivity index (χ4n) is 0.845. The fraction of sp³-hybridized carbons (Fsp3) is 0.889. The van der Waals surface area contributed by atoms with Crippen LogP contribution >= 0.6 is 11.8 Å². The molecule has 0 saturated carbocycles. The molecule has 0 spiro atoms. The highest BCUT2D eigenvalue weighted by Gasteiger charge is 2.21. The molecule has 0 aliphatic heterocycles. The Bertz CT molecular complexity index is 143. The number of carboxylic acid groups (broad SMARTS) is 1. The normalized spacial score (nSPS) is 13.8. The molecule has 2 nitrogen and oxygen atoms in total. The first kappa shape index (κ1) is 11.8. The van der Waals surface area contributed by atoms with Crippen molar-refractivity contribution in [1.29, 1.82) is 0 Å². The zero-order chi connectivity index (χ0) is 9.72. The maximum atomic E-state index is 10.7. The number of rotatable bonds is 5. The molecule has 3 heteroatoms. The summed E-state index contributed by atoms with van der Waals surface area (Å²) >= 11 is 1.55. The Labute approximate surface area is 78.7 Å². The van der Waals surface area contributed by atoms with E-state index in [1.54, 1.807) is 11.8 Å². The van der Waals surface area contributed by atoms with Gasteiger partial charge in [0.05, 0.1) is 0 Å². The summed E-state index contributed by atoms with van der Waals surface area (Å²) in [6, 6.07) is 0. The molecule has 0 aliphatic carbocycles. The van der Waals surface area contributed by atoms with Gasteiger partial charge in [0.1, 0.15) is 5.25 Å². The van der Waals surface area contributed by atoms with Crippen molar-refractivity contribution in [3.63, 3.8) is 0 Å². The van der Waals surface area contributed by atoms with Crippen LogP contribution in [0.4, 0.5) is 0 Å². The molecule has 0 aromatic rings. The fourth-order valence-corrected chi connectivity index (χ4v) is 1.96. The van der Waals surface area contributed by atoms with Crippen molar-refractivity contribution in [3.05, 3.63) is 0 Å². The smallest absolute Gasteiger partial charge is 0.316 e. The van der Waals surface area contributed by atoms with Crippen molar-refractivity contribution in [3.8, 4) is 0 Å². The molecule has 1 N–H and O–H groups in total. The van der Waals surface area contributed by atoms with E-state index in [2.05, 4.69) is 13.8 Å². The standard InChI is InChI=1S/C9H18O2S/c1-6(2)5-12-8(7(3)4)9(10)11/h6-8H,5H2,1-4H3,(H,10,11). The highest BCUT2D eigenvalue weighted by Crippen LogP contribution is 2.21. The maximum Gasteiger partial charge on any atom is 0.316 e. The summed E-state index contributed by atoms with van der Waals surface area (Å²) in [5.41, 5.74) is 0. The van der Waals surface area contributed by atoms with Gasteiger partial charge in [-0.25, -0.2) is 0 Å². The van der Waals surface area contributed by atoms with E-state index in [1.165, 1.54) is 0 Å². The lowest BCUT2D eigenvalue weighted by Crippen LogP contribution is -2.23. The van der Waals surface area contributed by atoms with Gasteiger partial charge in [-0.2, -0.15) is 0 Å². The topological polar surface area (TPSA) is 37.3 Å². The van der Waals surface area contributed by atoms with Crippen LogP contribution in [0.15, 0.2) is 0 Å². The summed E-state index contributed by atoms with van der Waals surface area (Å²) in [4.78, 5) is 10.7. The van der Waals surface area contributed by atoms with Gasteiger partial charge in [0.15, 0.2) is 0 Å². The molecule has 0 radical (unpaired) electrons. The van der Waals surface area contributed by atoms with E-state index in [-0.39, 0.29) is 11.2 Å². The molecule has 72 valence electrons. The Morgan fingerprint density at radius 1 is 1.33 bits per heavy atom. The van der Waals surface area contributed by atoms with Gasteiger partial charge < -0.3 is 5.11 Å². The molecule has 12 heavy (non-hydrogen) atoms. The summed E-state index contributed by atoms with van der Waals surface area (Å²) in [6.07, 6.45) is 0. The minimum Gasteiger partial charge on any atom is -0.480 e. The zero-order valence-corrected chi connectivity index (χ0v) is 9.02. The van der Waals surface area contributed by atoms with Crippen molar-refractivity contribution in [1.82, 2.24) is 0 Å². The highest BCUT2D eigenvalue weighted by atomic mass is 32.2. The van der Waals surface area contributed by atoms with Gasteiger partial charge in [-0.1, -0.05) is 27.7 Å². The van der Waals surface area contributed by atoms with Gasteiger partial charge in [-0.3, -0.25) is 4.79 Å². The van der Waals surface area contributed by atoms with Crippen LogP contribution in [0.2, 0.25) is 0 Å². The average Bonchev–Trinajstić information content (AvgIpc) is 1.84. The second-order valence-electron chi connectivity index (χ2n) is 3.73. The Morgan fingerprint density at radius 3 is 2.08 bits per heavy atom. The molecular weight excluding hydrogens is 172 g/mol. The minimum absolute atomic E-state index is 0.214. The van der Waals surface area contributed by atoms with Gasteiger partial charge in [0, 0.05) is 0 Å². The molecule has 1 atom stereocenters. The van der Waals surface area contributed by atoms with Crippen molar-refractivity contribution in [2.24, 2.45) is 11.8 Å². The summed E-state index contributed by atoms with van der Waals surface area (Å²) < 4.78 is 0. The lowest BCUT2D eigenvalue weighted by molar-refractivity contribution is -0.137. The molecular formula is C9H18O2S. The third-order valence-electron chi connectivity index (χ3n) is 1.46. The first-order chi connectivity index (χ1) is 5.45. The summed E-state index contributed by atoms with van der Waals surface area (Å²) in [6.45, 7) is 8.11. The Hall–Kier alpha value is -0.180. The third-order valence-corrected chi connectivity index (χ3v) is 3.42. The Kier molecular flexibility index (Phi) is 5.38. The Balaban J connectivity index is 3.88. The summed E-state index contributed by atoms with van der Waals surface area (Å²) in [7, 11) is 0. The molecule has 0 fully saturated rings. The average molecular weight is 190 g/mol. The van der Waals surface area contributed by atoms with Crippen LogP contribution in [-0.4, -0.2) is 22.1 Å². The van der Waals surface area contributed by atoms with Crippen molar-refractivity contribution >= 4 is 17.7 Å². The maximum absolute atomic E-state index is 10.7. The molecule has 0 rings (SSSR count). The van der Waals surface area contributed by atoms with Crippen LogP contribution in [-0.2, 0) is 4.79 Å². The number of hydrogen-bond donors (Lipinski definition) is 1. The van der Waals surface area contributed by atoms with Crippen LogP contribution in [0.1, 0.15) is 27.7 Å². The van der Waals surface area contributed by atoms with E-state index in [0.717, 1.165) is 5.75 Å². The first-order valence-electron chi connectivity index (χ1n) is 4.29. The minimum atomic E-state index is -0.685. The monoisotopic (exact) mass is 190 g/mol. The van der Waals surface area contributed by atoms with Gasteiger partial charge in [0.2, 0.25) is 0 Å². The van der Waals surface area contributed by atoms with E-state index >= 15 is 0 Å². The highest BCUT2D eigenvalue weighted by molar-refractivity contribution is 8.00. The number of thioether (sulfide) groups is 1. The summed E-state index contributed by atoms with van der Waals surface area (Å²) in [5.74, 6) is 1.02. The van der Waals surface area contributed by atoms with E-state index in [1.807, 2.05) is 13.8 Å². The lowest BCUT2D eigenvalue weighted by atomic mass is 10.1. The van der Waals surface area contributed by atoms with Gasteiger partial charge >= 0.3 is 5.97 Å².